The lowest BCUT2D eigenvalue weighted by molar-refractivity contribution is 0.0964. The summed E-state index contributed by atoms with van der Waals surface area (Å²) in [5, 5.41) is 19.8. The summed E-state index contributed by atoms with van der Waals surface area (Å²) in [7, 11) is 0. The van der Waals surface area contributed by atoms with E-state index >= 15 is 0 Å². The largest absolute Gasteiger partial charge is 0.506 e. The molecular formula is C22H25Cl2N5O3. The number of nitrogens with zero attached hydrogens (tertiary/aromatic N) is 2. The van der Waals surface area contributed by atoms with Crippen molar-refractivity contribution in [1.82, 2.24) is 15.2 Å². The Morgan fingerprint density at radius 1 is 1.09 bits per heavy atom. The van der Waals surface area contributed by atoms with Crippen molar-refractivity contribution < 1.29 is 14.7 Å². The standard InChI is InChI=1S/C22H25Cl2N5O3/c23-14-2-3-18(26-12-14)27-20(31)16-10-15(24)11-17(30)19(16)28-21(32)29-8-5-22(6-9-29)4-1-7-25-13-22/h2-3,10-12,25,30H,1,4-9,13H2,(H,28,32)(H,26,27,31). The molecule has 10 heteroatoms. The molecule has 4 rings (SSSR count). The predicted molar refractivity (Wildman–Crippen MR) is 125 cm³/mol. The van der Waals surface area contributed by atoms with Crippen LogP contribution in [0, 0.1) is 5.41 Å². The summed E-state index contributed by atoms with van der Waals surface area (Å²) >= 11 is 11.9. The van der Waals surface area contributed by atoms with Gasteiger partial charge in [0.05, 0.1) is 16.3 Å². The van der Waals surface area contributed by atoms with Gasteiger partial charge in [0.1, 0.15) is 11.6 Å². The molecule has 0 bridgehead atoms. The van der Waals surface area contributed by atoms with Crippen molar-refractivity contribution in [3.8, 4) is 5.75 Å². The summed E-state index contributed by atoms with van der Waals surface area (Å²) in [5.74, 6) is -0.581. The number of benzene rings is 1. The zero-order valence-corrected chi connectivity index (χ0v) is 19.0. The van der Waals surface area contributed by atoms with Gasteiger partial charge in [-0.05, 0) is 55.8 Å². The number of halogens is 2. The molecule has 32 heavy (non-hydrogen) atoms. The second-order valence-corrected chi connectivity index (χ2v) is 9.23. The smallest absolute Gasteiger partial charge is 0.321 e. The van der Waals surface area contributed by atoms with Crippen LogP contribution in [-0.2, 0) is 0 Å². The summed E-state index contributed by atoms with van der Waals surface area (Å²) in [6, 6.07) is 5.45. The van der Waals surface area contributed by atoms with Gasteiger partial charge in [0, 0.05) is 36.9 Å². The lowest BCUT2D eigenvalue weighted by atomic mass is 9.73. The maximum Gasteiger partial charge on any atom is 0.321 e. The van der Waals surface area contributed by atoms with Crippen LogP contribution >= 0.6 is 23.2 Å². The van der Waals surface area contributed by atoms with Gasteiger partial charge >= 0.3 is 6.03 Å². The average molecular weight is 478 g/mol. The summed E-state index contributed by atoms with van der Waals surface area (Å²) in [5.41, 5.74) is 0.296. The Hall–Kier alpha value is -2.55. The third-order valence-electron chi connectivity index (χ3n) is 6.20. The summed E-state index contributed by atoms with van der Waals surface area (Å²) in [4.78, 5) is 31.6. The van der Waals surface area contributed by atoms with Crippen molar-refractivity contribution in [2.24, 2.45) is 5.41 Å². The molecule has 0 atom stereocenters. The zero-order chi connectivity index (χ0) is 22.7. The highest BCUT2D eigenvalue weighted by molar-refractivity contribution is 6.31. The highest BCUT2D eigenvalue weighted by Crippen LogP contribution is 2.38. The van der Waals surface area contributed by atoms with Crippen LogP contribution in [0.4, 0.5) is 16.3 Å². The lowest BCUT2D eigenvalue weighted by Gasteiger charge is -2.44. The minimum atomic E-state index is -0.571. The van der Waals surface area contributed by atoms with E-state index in [0.717, 1.165) is 32.4 Å². The number of anilines is 2. The number of hydrogen-bond donors (Lipinski definition) is 4. The fourth-order valence-electron chi connectivity index (χ4n) is 4.36. The van der Waals surface area contributed by atoms with Gasteiger partial charge in [0.2, 0.25) is 0 Å². The molecule has 8 nitrogen and oxygen atoms in total. The third-order valence-corrected chi connectivity index (χ3v) is 6.64. The fourth-order valence-corrected chi connectivity index (χ4v) is 4.69. The van der Waals surface area contributed by atoms with E-state index in [1.54, 1.807) is 17.0 Å². The van der Waals surface area contributed by atoms with E-state index < -0.39 is 5.91 Å². The number of amides is 3. The Morgan fingerprint density at radius 3 is 2.53 bits per heavy atom. The van der Waals surface area contributed by atoms with E-state index in [4.69, 9.17) is 23.2 Å². The molecule has 0 unspecified atom stereocenters. The van der Waals surface area contributed by atoms with Crippen molar-refractivity contribution in [2.75, 3.05) is 36.8 Å². The summed E-state index contributed by atoms with van der Waals surface area (Å²) < 4.78 is 0. The number of aromatic hydroxyl groups is 1. The van der Waals surface area contributed by atoms with Crippen LogP contribution in [0.15, 0.2) is 30.5 Å². The number of phenolic OH excluding ortho intramolecular Hbond substituents is 1. The van der Waals surface area contributed by atoms with E-state index in [-0.39, 0.29) is 39.3 Å². The van der Waals surface area contributed by atoms with E-state index in [0.29, 0.717) is 18.1 Å². The second kappa shape index (κ2) is 9.52. The highest BCUT2D eigenvalue weighted by atomic mass is 35.5. The molecule has 2 aromatic rings. The first-order valence-electron chi connectivity index (χ1n) is 10.6. The number of phenols is 1. The number of nitrogens with one attached hydrogen (secondary N) is 3. The molecule has 4 N–H and O–H groups in total. The van der Waals surface area contributed by atoms with Crippen LogP contribution < -0.4 is 16.0 Å². The minimum Gasteiger partial charge on any atom is -0.506 e. The van der Waals surface area contributed by atoms with Gasteiger partial charge in [-0.2, -0.15) is 0 Å². The van der Waals surface area contributed by atoms with Crippen molar-refractivity contribution in [3.63, 3.8) is 0 Å². The van der Waals surface area contributed by atoms with E-state index in [1.807, 2.05) is 0 Å². The molecule has 1 aromatic heterocycles. The fraction of sp³-hybridized carbons (Fsp3) is 0.409. The predicted octanol–water partition coefficient (Wildman–Crippen LogP) is 4.34. The number of pyridine rings is 1. The first-order valence-corrected chi connectivity index (χ1v) is 11.3. The molecule has 2 aliphatic heterocycles. The van der Waals surface area contributed by atoms with E-state index in [2.05, 4.69) is 20.9 Å². The number of carbonyl (C=O) groups is 2. The van der Waals surface area contributed by atoms with Crippen LogP contribution in [0.2, 0.25) is 10.0 Å². The molecular weight excluding hydrogens is 453 g/mol. The van der Waals surface area contributed by atoms with Crippen LogP contribution in [0.25, 0.3) is 0 Å². The Labute approximate surface area is 196 Å². The second-order valence-electron chi connectivity index (χ2n) is 8.36. The molecule has 170 valence electrons. The average Bonchev–Trinajstić information content (AvgIpc) is 2.78. The van der Waals surface area contributed by atoms with Gasteiger partial charge in [-0.1, -0.05) is 23.2 Å². The third kappa shape index (κ3) is 5.09. The number of aromatic nitrogens is 1. The summed E-state index contributed by atoms with van der Waals surface area (Å²) in [6.07, 6.45) is 5.59. The highest BCUT2D eigenvalue weighted by Gasteiger charge is 2.37. The number of piperidine rings is 2. The Kier molecular flexibility index (Phi) is 6.74. The van der Waals surface area contributed by atoms with E-state index in [1.165, 1.54) is 24.8 Å². The molecule has 0 saturated carbocycles. The Balaban J connectivity index is 1.47. The molecule has 0 aliphatic carbocycles. The minimum absolute atomic E-state index is 0.00508. The van der Waals surface area contributed by atoms with Crippen molar-refractivity contribution in [3.05, 3.63) is 46.1 Å². The maximum absolute atomic E-state index is 12.9. The van der Waals surface area contributed by atoms with Gasteiger partial charge in [-0.25, -0.2) is 9.78 Å². The molecule has 2 fully saturated rings. The number of hydrogen-bond acceptors (Lipinski definition) is 5. The first-order chi connectivity index (χ1) is 15.3. The zero-order valence-electron chi connectivity index (χ0n) is 17.5. The van der Waals surface area contributed by atoms with Crippen LogP contribution in [0.5, 0.6) is 5.75 Å². The molecule has 0 radical (unpaired) electrons. The van der Waals surface area contributed by atoms with Gasteiger partial charge in [-0.3, -0.25) is 4.79 Å². The van der Waals surface area contributed by atoms with Gasteiger partial charge in [0.15, 0.2) is 0 Å². The molecule has 1 aromatic carbocycles. The van der Waals surface area contributed by atoms with Crippen LogP contribution in [-0.4, -0.2) is 53.1 Å². The topological polar surface area (TPSA) is 107 Å². The van der Waals surface area contributed by atoms with Crippen molar-refractivity contribution in [1.29, 1.82) is 0 Å². The van der Waals surface area contributed by atoms with Gasteiger partial charge in [-0.15, -0.1) is 0 Å². The number of rotatable bonds is 3. The molecule has 3 amide bonds. The van der Waals surface area contributed by atoms with Gasteiger partial charge < -0.3 is 26.0 Å². The molecule has 2 saturated heterocycles. The molecule has 2 aliphatic rings. The van der Waals surface area contributed by atoms with Crippen LogP contribution in [0.1, 0.15) is 36.0 Å². The number of carbonyl (C=O) groups excluding carboxylic acids is 2. The maximum atomic E-state index is 12.9. The lowest BCUT2D eigenvalue weighted by Crippen LogP contribution is -2.50. The quantitative estimate of drug-likeness (QED) is 0.491. The Bertz CT molecular complexity index is 999. The summed E-state index contributed by atoms with van der Waals surface area (Å²) in [6.45, 7) is 3.29. The number of urea groups is 1. The van der Waals surface area contributed by atoms with Crippen molar-refractivity contribution in [2.45, 2.75) is 25.7 Å². The van der Waals surface area contributed by atoms with Crippen LogP contribution in [0.3, 0.4) is 0 Å². The van der Waals surface area contributed by atoms with Gasteiger partial charge in [0.25, 0.3) is 5.91 Å². The first kappa shape index (κ1) is 22.6. The normalized spacial score (nSPS) is 17.8. The SMILES string of the molecule is O=C(Nc1ccc(Cl)cn1)c1cc(Cl)cc(O)c1NC(=O)N1CCC2(CCCNC2)CC1. The molecule has 1 spiro atoms. The van der Waals surface area contributed by atoms with Crippen molar-refractivity contribution >= 4 is 46.6 Å². The Morgan fingerprint density at radius 2 is 1.88 bits per heavy atom. The van der Waals surface area contributed by atoms with E-state index in [9.17, 15) is 14.7 Å². The monoisotopic (exact) mass is 477 g/mol. The molecule has 3 heterocycles. The number of likely N-dealkylation sites (tertiary alicyclic amines) is 1.